The van der Waals surface area contributed by atoms with Gasteiger partial charge in [-0.25, -0.2) is 4.79 Å². The fraction of sp³-hybridized carbons (Fsp3) is 0.765. The fourth-order valence-corrected chi connectivity index (χ4v) is 2.30. The van der Waals surface area contributed by atoms with Crippen molar-refractivity contribution in [2.45, 2.75) is 64.2 Å². The molecule has 0 aromatic carbocycles. The quantitative estimate of drug-likeness (QED) is 0.166. The number of nitrogens with one attached hydrogen (secondary N) is 3. The highest BCUT2D eigenvalue weighted by Gasteiger charge is 2.30. The van der Waals surface area contributed by atoms with E-state index in [1.807, 2.05) is 0 Å². The molecule has 4 atom stereocenters. The van der Waals surface area contributed by atoms with Crippen LogP contribution in [-0.4, -0.2) is 71.2 Å². The van der Waals surface area contributed by atoms with Gasteiger partial charge in [-0.3, -0.25) is 14.4 Å². The number of aliphatic hydroxyl groups is 1. The van der Waals surface area contributed by atoms with Crippen LogP contribution >= 0.6 is 0 Å². The van der Waals surface area contributed by atoms with Crippen LogP contribution in [0.15, 0.2) is 0 Å². The topological polar surface area (TPSA) is 197 Å². The van der Waals surface area contributed by atoms with Crippen LogP contribution in [0.3, 0.4) is 0 Å². The molecule has 0 aliphatic rings. The lowest BCUT2D eigenvalue weighted by Gasteiger charge is -2.25. The molecule has 0 fully saturated rings. The Morgan fingerprint density at radius 1 is 0.893 bits per heavy atom. The van der Waals surface area contributed by atoms with Crippen molar-refractivity contribution in [1.29, 1.82) is 0 Å². The van der Waals surface area contributed by atoms with Gasteiger partial charge >= 0.3 is 5.97 Å². The Labute approximate surface area is 164 Å². The molecule has 0 radical (unpaired) electrons. The molecule has 28 heavy (non-hydrogen) atoms. The monoisotopic (exact) mass is 403 g/mol. The second-order valence-electron chi connectivity index (χ2n) is 6.95. The Morgan fingerprint density at radius 2 is 1.43 bits per heavy atom. The van der Waals surface area contributed by atoms with Crippen molar-refractivity contribution in [2.75, 3.05) is 13.2 Å². The predicted molar refractivity (Wildman–Crippen MR) is 102 cm³/mol. The number of carbonyl (C=O) groups excluding carboxylic acids is 3. The van der Waals surface area contributed by atoms with Crippen molar-refractivity contribution >= 4 is 23.7 Å². The van der Waals surface area contributed by atoms with Gasteiger partial charge in [-0.05, 0) is 38.6 Å². The van der Waals surface area contributed by atoms with E-state index in [-0.39, 0.29) is 12.3 Å². The second-order valence-corrected chi connectivity index (χ2v) is 6.95. The molecular formula is C17H33N5O6. The largest absolute Gasteiger partial charge is 0.480 e. The van der Waals surface area contributed by atoms with E-state index in [1.54, 1.807) is 13.8 Å². The maximum atomic E-state index is 12.5. The first-order chi connectivity index (χ1) is 13.0. The van der Waals surface area contributed by atoms with E-state index in [0.717, 1.165) is 0 Å². The summed E-state index contributed by atoms with van der Waals surface area (Å²) in [5.41, 5.74) is 10.9. The Balaban J connectivity index is 5.20. The first-order valence-corrected chi connectivity index (χ1v) is 9.25. The van der Waals surface area contributed by atoms with Crippen LogP contribution in [0.4, 0.5) is 0 Å². The Morgan fingerprint density at radius 3 is 1.86 bits per heavy atom. The van der Waals surface area contributed by atoms with Crippen molar-refractivity contribution in [3.63, 3.8) is 0 Å². The van der Waals surface area contributed by atoms with Crippen LogP contribution < -0.4 is 27.4 Å². The molecule has 0 saturated carbocycles. The molecule has 0 aliphatic heterocycles. The summed E-state index contributed by atoms with van der Waals surface area (Å²) in [6.45, 7) is 4.42. The highest BCUT2D eigenvalue weighted by Crippen LogP contribution is 2.06. The highest BCUT2D eigenvalue weighted by molar-refractivity contribution is 5.94. The molecule has 0 bridgehead atoms. The lowest BCUT2D eigenvalue weighted by molar-refractivity contribution is -0.143. The summed E-state index contributed by atoms with van der Waals surface area (Å²) in [4.78, 5) is 47.9. The van der Waals surface area contributed by atoms with Gasteiger partial charge in [0.25, 0.3) is 0 Å². The van der Waals surface area contributed by atoms with Gasteiger partial charge in [0.05, 0.1) is 12.6 Å². The van der Waals surface area contributed by atoms with Crippen LogP contribution in [-0.2, 0) is 19.2 Å². The highest BCUT2D eigenvalue weighted by atomic mass is 16.4. The smallest absolute Gasteiger partial charge is 0.326 e. The molecule has 0 aromatic rings. The molecule has 11 nitrogen and oxygen atoms in total. The number of rotatable bonds is 13. The van der Waals surface area contributed by atoms with Crippen LogP contribution in [0, 0.1) is 5.92 Å². The van der Waals surface area contributed by atoms with Gasteiger partial charge in [-0.1, -0.05) is 13.8 Å². The Hall–Kier alpha value is -2.24. The molecule has 162 valence electrons. The molecule has 0 spiro atoms. The maximum absolute atomic E-state index is 12.5. The number of carboxylic acid groups (broad SMARTS) is 1. The van der Waals surface area contributed by atoms with Crippen LogP contribution in [0.2, 0.25) is 0 Å². The van der Waals surface area contributed by atoms with E-state index >= 15 is 0 Å². The van der Waals surface area contributed by atoms with Gasteiger partial charge in [-0.2, -0.15) is 0 Å². The molecule has 0 aliphatic carbocycles. The summed E-state index contributed by atoms with van der Waals surface area (Å²) in [6, 6.07) is -4.33. The molecule has 0 rings (SSSR count). The zero-order chi connectivity index (χ0) is 21.9. The maximum Gasteiger partial charge on any atom is 0.326 e. The summed E-state index contributed by atoms with van der Waals surface area (Å²) in [5, 5.41) is 25.8. The molecular weight excluding hydrogens is 370 g/mol. The van der Waals surface area contributed by atoms with E-state index in [0.29, 0.717) is 19.4 Å². The van der Waals surface area contributed by atoms with Crippen molar-refractivity contribution in [2.24, 2.45) is 17.4 Å². The standard InChI is InChI=1S/C17H33N5O6/c1-9(2)13(17(27)28)22-15(25)11(6-4-5-7-18)20-16(26)12(8-23)21-14(24)10(3)19/h9-13,23H,4-8,18-19H2,1-3H3,(H,20,26)(H,21,24)(H,22,25)(H,27,28). The summed E-state index contributed by atoms with van der Waals surface area (Å²) in [5.74, 6) is -3.63. The van der Waals surface area contributed by atoms with Crippen LogP contribution in [0.1, 0.15) is 40.0 Å². The van der Waals surface area contributed by atoms with E-state index < -0.39 is 54.5 Å². The second kappa shape index (κ2) is 13.0. The number of nitrogens with two attached hydrogens (primary N) is 2. The van der Waals surface area contributed by atoms with Crippen molar-refractivity contribution < 1.29 is 29.4 Å². The van der Waals surface area contributed by atoms with Gasteiger partial charge in [0.2, 0.25) is 17.7 Å². The molecule has 9 N–H and O–H groups in total. The summed E-state index contributed by atoms with van der Waals surface area (Å²) in [6.07, 6.45) is 1.35. The number of hydrogen-bond donors (Lipinski definition) is 7. The number of aliphatic carboxylic acids is 1. The number of hydrogen-bond acceptors (Lipinski definition) is 7. The third-order valence-corrected chi connectivity index (χ3v) is 4.04. The molecule has 4 unspecified atom stereocenters. The zero-order valence-corrected chi connectivity index (χ0v) is 16.6. The molecule has 0 heterocycles. The van der Waals surface area contributed by atoms with Crippen molar-refractivity contribution in [3.8, 4) is 0 Å². The average molecular weight is 403 g/mol. The summed E-state index contributed by atoms with van der Waals surface area (Å²) in [7, 11) is 0. The van der Waals surface area contributed by atoms with Gasteiger partial charge in [0.15, 0.2) is 0 Å². The number of unbranched alkanes of at least 4 members (excludes halogenated alkanes) is 1. The first-order valence-electron chi connectivity index (χ1n) is 9.25. The summed E-state index contributed by atoms with van der Waals surface area (Å²) < 4.78 is 0. The zero-order valence-electron chi connectivity index (χ0n) is 16.6. The molecule has 0 saturated heterocycles. The average Bonchev–Trinajstić information content (AvgIpc) is 2.61. The lowest BCUT2D eigenvalue weighted by atomic mass is 10.0. The number of carboxylic acids is 1. The third kappa shape index (κ3) is 9.11. The van der Waals surface area contributed by atoms with E-state index in [4.69, 9.17) is 11.5 Å². The fourth-order valence-electron chi connectivity index (χ4n) is 2.30. The van der Waals surface area contributed by atoms with Gasteiger partial charge < -0.3 is 37.6 Å². The van der Waals surface area contributed by atoms with Gasteiger partial charge in [-0.15, -0.1) is 0 Å². The minimum atomic E-state index is -1.29. The van der Waals surface area contributed by atoms with Crippen LogP contribution in [0.25, 0.3) is 0 Å². The number of carbonyl (C=O) groups is 4. The summed E-state index contributed by atoms with van der Waals surface area (Å²) >= 11 is 0. The Kier molecular flexibility index (Phi) is 12.0. The number of amides is 3. The normalized spacial score (nSPS) is 15.2. The van der Waals surface area contributed by atoms with E-state index in [9.17, 15) is 29.4 Å². The van der Waals surface area contributed by atoms with Gasteiger partial charge in [0, 0.05) is 0 Å². The van der Waals surface area contributed by atoms with Crippen molar-refractivity contribution in [1.82, 2.24) is 16.0 Å². The molecule has 0 aromatic heterocycles. The van der Waals surface area contributed by atoms with Gasteiger partial charge in [0.1, 0.15) is 18.1 Å². The third-order valence-electron chi connectivity index (χ3n) is 4.04. The SMILES string of the molecule is CC(N)C(=O)NC(CO)C(=O)NC(CCCCN)C(=O)NC(C(=O)O)C(C)C. The number of aliphatic hydroxyl groups excluding tert-OH is 1. The minimum absolute atomic E-state index is 0.221. The van der Waals surface area contributed by atoms with Crippen molar-refractivity contribution in [3.05, 3.63) is 0 Å². The molecule has 11 heteroatoms. The Bertz CT molecular complexity index is 540. The van der Waals surface area contributed by atoms with Crippen LogP contribution in [0.5, 0.6) is 0 Å². The minimum Gasteiger partial charge on any atom is -0.480 e. The lowest BCUT2D eigenvalue weighted by Crippen LogP contribution is -2.58. The van der Waals surface area contributed by atoms with E-state index in [2.05, 4.69) is 16.0 Å². The first kappa shape index (κ1) is 25.8. The van der Waals surface area contributed by atoms with E-state index in [1.165, 1.54) is 6.92 Å². The molecule has 3 amide bonds. The predicted octanol–water partition coefficient (Wildman–Crippen LogP) is -2.35.